The van der Waals surface area contributed by atoms with E-state index >= 15 is 0 Å². The molecule has 3 nitrogen and oxygen atoms in total. The Morgan fingerprint density at radius 2 is 2.29 bits per heavy atom. The van der Waals surface area contributed by atoms with E-state index in [0.29, 0.717) is 18.6 Å². The van der Waals surface area contributed by atoms with Crippen LogP contribution in [-0.2, 0) is 4.79 Å². The van der Waals surface area contributed by atoms with Crippen LogP contribution in [0.4, 0.5) is 0 Å². The third-order valence-corrected chi connectivity index (χ3v) is 4.11. The fourth-order valence-electron chi connectivity index (χ4n) is 1.67. The average molecular weight is 214 g/mol. The van der Waals surface area contributed by atoms with Crippen molar-refractivity contribution >= 4 is 17.7 Å². The molecular formula is C10H18N2OS. The standard InChI is InChI=1S/C10H18N2OS/c1-12(9-4-5-14-7-9)10(13)6-11-8-2-3-8/h8-9,11H,2-7H2,1H3. The molecule has 1 unspecified atom stereocenters. The number of carbonyl (C=O) groups is 1. The molecule has 1 amide bonds. The van der Waals surface area contributed by atoms with Crippen LogP contribution in [0.2, 0.25) is 0 Å². The van der Waals surface area contributed by atoms with Crippen LogP contribution < -0.4 is 5.32 Å². The van der Waals surface area contributed by atoms with Gasteiger partial charge in [0.05, 0.1) is 6.54 Å². The maximum Gasteiger partial charge on any atom is 0.236 e. The van der Waals surface area contributed by atoms with Crippen molar-refractivity contribution in [3.8, 4) is 0 Å². The van der Waals surface area contributed by atoms with E-state index in [2.05, 4.69) is 5.32 Å². The van der Waals surface area contributed by atoms with Crippen LogP contribution >= 0.6 is 11.8 Å². The summed E-state index contributed by atoms with van der Waals surface area (Å²) in [5.74, 6) is 2.58. The number of nitrogens with zero attached hydrogens (tertiary/aromatic N) is 1. The van der Waals surface area contributed by atoms with Gasteiger partial charge in [-0.15, -0.1) is 0 Å². The van der Waals surface area contributed by atoms with Crippen molar-refractivity contribution in [1.82, 2.24) is 10.2 Å². The van der Waals surface area contributed by atoms with Crippen LogP contribution in [0.5, 0.6) is 0 Å². The lowest BCUT2D eigenvalue weighted by atomic mass is 10.2. The summed E-state index contributed by atoms with van der Waals surface area (Å²) in [5, 5.41) is 3.26. The largest absolute Gasteiger partial charge is 0.341 e. The predicted molar refractivity (Wildman–Crippen MR) is 59.5 cm³/mol. The molecule has 2 aliphatic rings. The Balaban J connectivity index is 1.71. The van der Waals surface area contributed by atoms with Gasteiger partial charge in [-0.25, -0.2) is 0 Å². The van der Waals surface area contributed by atoms with Crippen molar-refractivity contribution in [3.63, 3.8) is 0 Å². The first-order valence-electron chi connectivity index (χ1n) is 5.34. The lowest BCUT2D eigenvalue weighted by Crippen LogP contribution is -2.42. The second-order valence-corrected chi connectivity index (χ2v) is 5.33. The van der Waals surface area contributed by atoms with Crippen LogP contribution in [0, 0.1) is 0 Å². The molecule has 1 N–H and O–H groups in total. The van der Waals surface area contributed by atoms with E-state index in [1.807, 2.05) is 23.7 Å². The van der Waals surface area contributed by atoms with Gasteiger partial charge in [0.25, 0.3) is 0 Å². The smallest absolute Gasteiger partial charge is 0.236 e. The van der Waals surface area contributed by atoms with E-state index in [4.69, 9.17) is 0 Å². The first kappa shape index (κ1) is 10.3. The molecule has 2 fully saturated rings. The van der Waals surface area contributed by atoms with Gasteiger partial charge in [0.1, 0.15) is 0 Å². The van der Waals surface area contributed by atoms with Gasteiger partial charge in [0, 0.05) is 24.9 Å². The molecule has 4 heteroatoms. The molecule has 1 aliphatic heterocycles. The Bertz CT molecular complexity index is 212. The summed E-state index contributed by atoms with van der Waals surface area (Å²) < 4.78 is 0. The van der Waals surface area contributed by atoms with E-state index in [1.165, 1.54) is 18.6 Å². The van der Waals surface area contributed by atoms with Gasteiger partial charge in [-0.3, -0.25) is 4.79 Å². The minimum Gasteiger partial charge on any atom is -0.341 e. The van der Waals surface area contributed by atoms with E-state index < -0.39 is 0 Å². The number of nitrogens with one attached hydrogen (secondary N) is 1. The molecule has 14 heavy (non-hydrogen) atoms. The van der Waals surface area contributed by atoms with Gasteiger partial charge < -0.3 is 10.2 Å². The molecule has 0 aromatic carbocycles. The number of amides is 1. The number of rotatable bonds is 4. The summed E-state index contributed by atoms with van der Waals surface area (Å²) in [6.07, 6.45) is 3.66. The first-order chi connectivity index (χ1) is 6.77. The third kappa shape index (κ3) is 2.64. The Morgan fingerprint density at radius 3 is 2.86 bits per heavy atom. The van der Waals surface area contributed by atoms with E-state index in [9.17, 15) is 4.79 Å². The fourth-order valence-corrected chi connectivity index (χ4v) is 2.94. The van der Waals surface area contributed by atoms with Gasteiger partial charge >= 0.3 is 0 Å². The highest BCUT2D eigenvalue weighted by molar-refractivity contribution is 7.99. The highest BCUT2D eigenvalue weighted by atomic mass is 32.2. The topological polar surface area (TPSA) is 32.3 Å². The lowest BCUT2D eigenvalue weighted by Gasteiger charge is -2.23. The quantitative estimate of drug-likeness (QED) is 0.748. The lowest BCUT2D eigenvalue weighted by molar-refractivity contribution is -0.130. The Labute approximate surface area is 89.6 Å². The minimum absolute atomic E-state index is 0.254. The highest BCUT2D eigenvalue weighted by Gasteiger charge is 2.26. The maximum absolute atomic E-state index is 11.7. The predicted octanol–water partition coefficient (Wildman–Crippen LogP) is 0.702. The summed E-state index contributed by atoms with van der Waals surface area (Å²) in [7, 11) is 1.94. The molecule has 80 valence electrons. The minimum atomic E-state index is 0.254. The molecule has 2 rings (SSSR count). The second kappa shape index (κ2) is 4.53. The zero-order valence-corrected chi connectivity index (χ0v) is 9.48. The van der Waals surface area contributed by atoms with Gasteiger partial charge in [-0.2, -0.15) is 11.8 Å². The summed E-state index contributed by atoms with van der Waals surface area (Å²) >= 11 is 1.95. The average Bonchev–Trinajstić information content (AvgIpc) is 2.86. The number of thioether (sulfide) groups is 1. The van der Waals surface area contributed by atoms with Crippen molar-refractivity contribution in [3.05, 3.63) is 0 Å². The third-order valence-electron chi connectivity index (χ3n) is 2.97. The normalized spacial score (nSPS) is 26.5. The first-order valence-corrected chi connectivity index (χ1v) is 6.49. The van der Waals surface area contributed by atoms with Crippen molar-refractivity contribution in [2.75, 3.05) is 25.1 Å². The number of likely N-dealkylation sites (N-methyl/N-ethyl adjacent to an activating group) is 1. The van der Waals surface area contributed by atoms with Crippen molar-refractivity contribution in [2.45, 2.75) is 31.3 Å². The Morgan fingerprint density at radius 1 is 1.50 bits per heavy atom. The zero-order valence-electron chi connectivity index (χ0n) is 8.66. The van der Waals surface area contributed by atoms with Gasteiger partial charge in [-0.1, -0.05) is 0 Å². The zero-order chi connectivity index (χ0) is 9.97. The molecule has 0 aromatic rings. The number of carbonyl (C=O) groups excluding carboxylic acids is 1. The van der Waals surface area contributed by atoms with Crippen LogP contribution in [0.15, 0.2) is 0 Å². The van der Waals surface area contributed by atoms with Crippen LogP contribution in [0.25, 0.3) is 0 Å². The van der Waals surface area contributed by atoms with Gasteiger partial charge in [0.2, 0.25) is 5.91 Å². The van der Waals surface area contributed by atoms with E-state index in [0.717, 1.165) is 12.2 Å². The summed E-state index contributed by atoms with van der Waals surface area (Å²) in [4.78, 5) is 13.6. The van der Waals surface area contributed by atoms with E-state index in [-0.39, 0.29) is 5.91 Å². The molecule has 1 heterocycles. The van der Waals surface area contributed by atoms with Crippen LogP contribution in [-0.4, -0.2) is 48.0 Å². The van der Waals surface area contributed by atoms with Crippen molar-refractivity contribution in [1.29, 1.82) is 0 Å². The van der Waals surface area contributed by atoms with E-state index in [1.54, 1.807) is 0 Å². The van der Waals surface area contributed by atoms with Crippen molar-refractivity contribution < 1.29 is 4.79 Å². The number of hydrogen-bond acceptors (Lipinski definition) is 3. The van der Waals surface area contributed by atoms with Gasteiger partial charge in [-0.05, 0) is 25.0 Å². The molecule has 1 atom stereocenters. The molecule has 0 aromatic heterocycles. The fraction of sp³-hybridized carbons (Fsp3) is 0.900. The SMILES string of the molecule is CN(C(=O)CNC1CC1)C1CCSC1. The molecule has 0 spiro atoms. The van der Waals surface area contributed by atoms with Crippen molar-refractivity contribution in [2.24, 2.45) is 0 Å². The summed E-state index contributed by atoms with van der Waals surface area (Å²) in [6, 6.07) is 1.11. The molecule has 1 saturated heterocycles. The summed E-state index contributed by atoms with van der Waals surface area (Å²) in [6.45, 7) is 0.530. The maximum atomic E-state index is 11.7. The molecule has 0 bridgehead atoms. The Kier molecular flexibility index (Phi) is 3.34. The second-order valence-electron chi connectivity index (χ2n) is 4.18. The molecular weight excluding hydrogens is 196 g/mol. The molecule has 1 saturated carbocycles. The monoisotopic (exact) mass is 214 g/mol. The van der Waals surface area contributed by atoms with Crippen LogP contribution in [0.3, 0.4) is 0 Å². The summed E-state index contributed by atoms with van der Waals surface area (Å²) in [5.41, 5.74) is 0. The Hall–Kier alpha value is -0.220. The molecule has 0 radical (unpaired) electrons. The molecule has 1 aliphatic carbocycles. The van der Waals surface area contributed by atoms with Gasteiger partial charge in [0.15, 0.2) is 0 Å². The number of hydrogen-bond donors (Lipinski definition) is 1. The van der Waals surface area contributed by atoms with Crippen LogP contribution in [0.1, 0.15) is 19.3 Å². The highest BCUT2D eigenvalue weighted by Crippen LogP contribution is 2.21.